The Morgan fingerprint density at radius 2 is 1.35 bits per heavy atom. The van der Waals surface area contributed by atoms with Crippen LogP contribution in [0.5, 0.6) is 0 Å². The molecule has 0 saturated carbocycles. The molecule has 4 rings (SSSR count). The van der Waals surface area contributed by atoms with Gasteiger partial charge < -0.3 is 76.2 Å². The third-order valence-corrected chi connectivity index (χ3v) is 17.5. The first-order valence-electron chi connectivity index (χ1n) is 33.0. The smallest absolute Gasteiger partial charge is 0.410 e. The number of amides is 12. The maximum Gasteiger partial charge on any atom is 0.410 e. The van der Waals surface area contributed by atoms with Crippen LogP contribution in [0.25, 0.3) is 0 Å². The van der Waals surface area contributed by atoms with Gasteiger partial charge in [0, 0.05) is 59.2 Å². The number of hydrogen-bond donors (Lipinski definition) is 8. The molecule has 534 valence electrons. The molecule has 12 atom stereocenters. The van der Waals surface area contributed by atoms with Gasteiger partial charge >= 0.3 is 12.1 Å². The summed E-state index contributed by atoms with van der Waals surface area (Å²) < 4.78 is 28.5. The number of imide groups is 1. The van der Waals surface area contributed by atoms with Gasteiger partial charge in [-0.1, -0.05) is 111 Å². The molecule has 1 saturated heterocycles. The van der Waals surface area contributed by atoms with Gasteiger partial charge in [-0.3, -0.25) is 53.0 Å². The lowest BCUT2D eigenvalue weighted by molar-refractivity contribution is -0.148. The summed E-state index contributed by atoms with van der Waals surface area (Å²) in [6.45, 7) is 18.0. The Hall–Kier alpha value is -8.05. The van der Waals surface area contributed by atoms with Crippen molar-refractivity contribution in [2.45, 2.75) is 175 Å². The molecule has 2 aromatic carbocycles. The number of nitrogens with zero attached hydrogens (tertiary/aromatic N) is 4. The molecule has 0 bridgehead atoms. The minimum absolute atomic E-state index is 0.00291. The molecular formula is C68H105N11O17. The van der Waals surface area contributed by atoms with Gasteiger partial charge in [0.15, 0.2) is 0 Å². The predicted molar refractivity (Wildman–Crippen MR) is 357 cm³/mol. The molecule has 9 N–H and O–H groups in total. The van der Waals surface area contributed by atoms with Crippen LogP contribution in [0.3, 0.4) is 0 Å². The lowest BCUT2D eigenvalue weighted by Gasteiger charge is -2.41. The number of benzene rings is 2. The Morgan fingerprint density at radius 1 is 0.719 bits per heavy atom. The fourth-order valence-corrected chi connectivity index (χ4v) is 11.8. The fourth-order valence-electron chi connectivity index (χ4n) is 11.8. The minimum atomic E-state index is -1.15. The number of hydrogen-bond acceptors (Lipinski definition) is 17. The van der Waals surface area contributed by atoms with E-state index >= 15 is 0 Å². The summed E-state index contributed by atoms with van der Waals surface area (Å²) in [5, 5.41) is 27.4. The van der Waals surface area contributed by atoms with Crippen molar-refractivity contribution in [2.75, 3.05) is 79.7 Å². The van der Waals surface area contributed by atoms with Crippen molar-refractivity contribution < 1.29 is 81.5 Å². The zero-order chi connectivity index (χ0) is 71.5. The highest BCUT2D eigenvalue weighted by atomic mass is 16.6. The number of likely N-dealkylation sites (tertiary alicyclic amines) is 1. The van der Waals surface area contributed by atoms with E-state index in [2.05, 4.69) is 31.9 Å². The molecule has 28 heteroatoms. The topological polar surface area (TPSA) is 365 Å². The summed E-state index contributed by atoms with van der Waals surface area (Å²) in [7, 11) is 6.06. The van der Waals surface area contributed by atoms with E-state index in [0.717, 1.165) is 4.90 Å². The lowest BCUT2D eigenvalue weighted by atomic mass is 9.89. The van der Waals surface area contributed by atoms with Gasteiger partial charge in [-0.15, -0.1) is 0 Å². The molecule has 2 unspecified atom stereocenters. The Bertz CT molecular complexity index is 2920. The number of methoxy groups -OCH3 is 2. The average Bonchev–Trinajstić information content (AvgIpc) is 1.48. The number of rotatable bonds is 40. The highest BCUT2D eigenvalue weighted by molar-refractivity contribution is 6.12. The number of aliphatic hydroxyl groups is 1. The summed E-state index contributed by atoms with van der Waals surface area (Å²) in [5.74, 6) is -6.52. The molecule has 12 amide bonds. The van der Waals surface area contributed by atoms with Gasteiger partial charge in [0.1, 0.15) is 37.4 Å². The number of anilines is 1. The molecular weight excluding hydrogens is 1240 g/mol. The van der Waals surface area contributed by atoms with E-state index in [-0.39, 0.29) is 76.5 Å². The Balaban J connectivity index is 1.36. The number of primary amides is 1. The first kappa shape index (κ1) is 80.4. The van der Waals surface area contributed by atoms with Gasteiger partial charge in [0.2, 0.25) is 41.4 Å². The Labute approximate surface area is 564 Å². The number of carbonyl (C=O) groups excluding carboxylic acids is 11. The van der Waals surface area contributed by atoms with E-state index in [1.54, 1.807) is 109 Å². The van der Waals surface area contributed by atoms with Gasteiger partial charge in [0.25, 0.3) is 11.8 Å². The van der Waals surface area contributed by atoms with E-state index in [1.165, 1.54) is 38.3 Å². The summed E-state index contributed by atoms with van der Waals surface area (Å²) in [5.41, 5.74) is 6.73. The molecule has 2 aromatic rings. The Kier molecular flexibility index (Phi) is 33.4. The van der Waals surface area contributed by atoms with Crippen molar-refractivity contribution >= 4 is 71.0 Å². The first-order valence-corrected chi connectivity index (χ1v) is 33.0. The normalized spacial score (nSPS) is 17.3. The van der Waals surface area contributed by atoms with Gasteiger partial charge in [-0.05, 0) is 79.5 Å². The molecule has 1 fully saturated rings. The number of likely N-dealkylation sites (N-methyl/N-ethyl adjacent to an activating group) is 2. The van der Waals surface area contributed by atoms with Crippen LogP contribution in [0.1, 0.15) is 125 Å². The van der Waals surface area contributed by atoms with Crippen LogP contribution in [0.15, 0.2) is 66.7 Å². The number of nitrogens with two attached hydrogens (primary N) is 1. The molecule has 2 aliphatic heterocycles. The zero-order valence-electron chi connectivity index (χ0n) is 58.3. The molecule has 96 heavy (non-hydrogen) atoms. The van der Waals surface area contributed by atoms with Crippen LogP contribution < -0.4 is 37.6 Å². The minimum Gasteiger partial charge on any atom is -0.445 e. The second-order valence-corrected chi connectivity index (χ2v) is 25.6. The third-order valence-electron chi connectivity index (χ3n) is 17.5. The molecule has 2 aliphatic rings. The number of nitrogens with one attached hydrogen (secondary N) is 6. The van der Waals surface area contributed by atoms with Crippen molar-refractivity contribution in [2.24, 2.45) is 35.3 Å². The maximum absolute atomic E-state index is 14.8. The van der Waals surface area contributed by atoms with E-state index < -0.39 is 144 Å². The summed E-state index contributed by atoms with van der Waals surface area (Å²) in [4.78, 5) is 152. The van der Waals surface area contributed by atoms with Crippen molar-refractivity contribution in [1.82, 2.24) is 46.2 Å². The number of aliphatic hydroxyl groups excluding tert-OH is 1. The van der Waals surface area contributed by atoms with Crippen molar-refractivity contribution in [3.05, 3.63) is 77.9 Å². The molecule has 2 heterocycles. The van der Waals surface area contributed by atoms with E-state index in [0.29, 0.717) is 42.6 Å². The Morgan fingerprint density at radius 3 is 1.94 bits per heavy atom. The zero-order valence-corrected chi connectivity index (χ0v) is 58.3. The van der Waals surface area contributed by atoms with Crippen LogP contribution in [0.2, 0.25) is 0 Å². The van der Waals surface area contributed by atoms with Crippen molar-refractivity contribution in [3.8, 4) is 0 Å². The second kappa shape index (κ2) is 39.9. The number of ether oxygens (including phenoxy) is 5. The first-order chi connectivity index (χ1) is 45.5. The number of urea groups is 1. The molecule has 0 radical (unpaired) electrons. The average molecular weight is 1350 g/mol. The summed E-state index contributed by atoms with van der Waals surface area (Å²) >= 11 is 0. The van der Waals surface area contributed by atoms with E-state index in [9.17, 15) is 57.8 Å². The molecule has 0 spiro atoms. The lowest BCUT2D eigenvalue weighted by Crippen LogP contribution is -2.60. The molecule has 28 nitrogen and oxygen atoms in total. The van der Waals surface area contributed by atoms with Crippen LogP contribution in [-0.2, 0) is 73.4 Å². The third kappa shape index (κ3) is 23.9. The maximum atomic E-state index is 14.8. The quantitative estimate of drug-likeness (QED) is 0.0349. The van der Waals surface area contributed by atoms with Crippen molar-refractivity contribution in [1.29, 1.82) is 0 Å². The highest BCUT2D eigenvalue weighted by Gasteiger charge is 2.44. The van der Waals surface area contributed by atoms with Crippen molar-refractivity contribution in [3.63, 3.8) is 0 Å². The standard InChI is InChI=1S/C68H105N11O17/c1-15-43(8)59(51(92-13)37-55(83)78-32-20-24-50(78)61(93-14)44(9)62(85)71-45(10)60(84)47-21-17-16-18-22-47)76(11)66(89)57(41(4)5)75-65(88)58(42(6)7)77(12)68(91)96-38-46-25-27-48(28-26-46)72-63(86)49(23-19-31-70-67(69)90)73-64(87)56(40(2)3)74-52(80)39-95-36-35-94-34-33-79-53(81)29-30-54(79)82/h16-18,21-22,25-30,40-45,49-51,56-61,84H,15,19-20,23-24,31-39H2,1-14H3,(H,71,85)(H,72,86)(H,73,87)(H,74,80)(H,75,88)(H3,69,70,90)/t43-,44+,45+,49-,50-,51+,56?,57-,58?,59-,60+,61+/m0/s1. The predicted octanol–water partition coefficient (Wildman–Crippen LogP) is 3.55. The summed E-state index contributed by atoms with van der Waals surface area (Å²) in [6.07, 6.45) is 1.19. The highest BCUT2D eigenvalue weighted by Crippen LogP contribution is 2.31. The van der Waals surface area contributed by atoms with Crippen LogP contribution in [-0.4, -0.2) is 219 Å². The summed E-state index contributed by atoms with van der Waals surface area (Å²) in [6, 6.07) is 8.53. The van der Waals surface area contributed by atoms with Crippen LogP contribution in [0.4, 0.5) is 15.3 Å². The SMILES string of the molecule is CC[C@H](C)[C@@H]([C@@H](CC(=O)N1CCC[C@H]1[C@H](OC)[C@@H](C)C(=O)N[C@H](C)[C@@H](O)c1ccccc1)OC)N(C)C(=O)[C@@H](NC(=O)C(C(C)C)N(C)C(=O)OCc1ccc(NC(=O)[C@H](CCCNC(N)=O)NC(=O)C(NC(=O)COCCOCCN2C(=O)C=CC2=O)C(C)C)cc1)C(C)C. The monoisotopic (exact) mass is 1350 g/mol. The van der Waals surface area contributed by atoms with Gasteiger partial charge in [-0.2, -0.15) is 0 Å². The van der Waals surface area contributed by atoms with Gasteiger partial charge in [-0.25, -0.2) is 9.59 Å². The molecule has 0 aliphatic carbocycles. The molecule has 0 aromatic heterocycles. The number of carbonyl (C=O) groups is 11. The fraction of sp³-hybridized carbons (Fsp3) is 0.632. The van der Waals surface area contributed by atoms with Crippen LogP contribution in [0, 0.1) is 29.6 Å². The van der Waals surface area contributed by atoms with Crippen LogP contribution >= 0.6 is 0 Å². The van der Waals surface area contributed by atoms with Gasteiger partial charge in [0.05, 0.1) is 75.1 Å². The second-order valence-electron chi connectivity index (χ2n) is 25.6. The van der Waals surface area contributed by atoms with E-state index in [4.69, 9.17) is 29.4 Å². The largest absolute Gasteiger partial charge is 0.445 e. The van der Waals surface area contributed by atoms with E-state index in [1.807, 2.05) is 32.0 Å².